The molecular weight excluding hydrogens is 314 g/mol. The molecule has 0 aliphatic carbocycles. The largest absolute Gasteiger partial charge is 0.317 e. The Balaban J connectivity index is 1.92. The summed E-state index contributed by atoms with van der Waals surface area (Å²) in [4.78, 5) is 4.68. The molecule has 0 spiro atoms. The van der Waals surface area contributed by atoms with E-state index in [9.17, 15) is 0 Å². The van der Waals surface area contributed by atoms with E-state index >= 15 is 0 Å². The van der Waals surface area contributed by atoms with Crippen molar-refractivity contribution in [2.24, 2.45) is 5.92 Å². The number of piperidine rings is 1. The molecule has 96 valence electrons. The Labute approximate surface area is 120 Å². The molecule has 0 radical (unpaired) electrons. The zero-order valence-electron chi connectivity index (χ0n) is 10.00. The summed E-state index contributed by atoms with van der Waals surface area (Å²) in [6, 6.07) is 5.85. The van der Waals surface area contributed by atoms with Gasteiger partial charge in [0.1, 0.15) is 5.82 Å². The summed E-state index contributed by atoms with van der Waals surface area (Å²) in [7, 11) is 0. The van der Waals surface area contributed by atoms with Gasteiger partial charge in [-0.3, -0.25) is 3.59 Å². The quantitative estimate of drug-likeness (QED) is 0.916. The van der Waals surface area contributed by atoms with E-state index in [4.69, 9.17) is 11.6 Å². The number of benzene rings is 1. The molecule has 1 aliphatic heterocycles. The predicted octanol–water partition coefficient (Wildman–Crippen LogP) is 3.39. The molecule has 1 aromatic carbocycles. The SMILES string of the molecule is Clc1cccc2nc(CC3CCNCC3)n(Br)c12. The van der Waals surface area contributed by atoms with Crippen molar-refractivity contribution in [2.45, 2.75) is 19.3 Å². The summed E-state index contributed by atoms with van der Waals surface area (Å²) in [6.07, 6.45) is 3.46. The second kappa shape index (κ2) is 5.19. The number of hydrogen-bond donors (Lipinski definition) is 1. The smallest absolute Gasteiger partial charge is 0.120 e. The molecule has 1 aliphatic rings. The number of rotatable bonds is 2. The van der Waals surface area contributed by atoms with E-state index in [2.05, 4.69) is 26.4 Å². The van der Waals surface area contributed by atoms with Crippen molar-refractivity contribution >= 4 is 38.8 Å². The third-order valence-corrected chi connectivity index (χ3v) is 4.64. The number of imidazole rings is 1. The maximum absolute atomic E-state index is 6.22. The van der Waals surface area contributed by atoms with Crippen LogP contribution >= 0.6 is 27.7 Å². The minimum atomic E-state index is 0.720. The predicted molar refractivity (Wildman–Crippen MR) is 78.4 cm³/mol. The zero-order valence-corrected chi connectivity index (χ0v) is 12.3. The van der Waals surface area contributed by atoms with Crippen LogP contribution in [0.4, 0.5) is 0 Å². The van der Waals surface area contributed by atoms with Gasteiger partial charge in [-0.05, 0) is 44.0 Å². The average molecular weight is 329 g/mol. The topological polar surface area (TPSA) is 29.9 Å². The standard InChI is InChI=1S/C13H15BrClN3/c14-18-12(8-9-4-6-16-7-5-9)17-11-3-1-2-10(15)13(11)18/h1-3,9,16H,4-8H2. The Hall–Kier alpha value is -0.580. The fourth-order valence-corrected chi connectivity index (χ4v) is 3.52. The van der Waals surface area contributed by atoms with Crippen molar-refractivity contribution in [2.75, 3.05) is 13.1 Å². The van der Waals surface area contributed by atoms with Crippen LogP contribution in [0, 0.1) is 5.92 Å². The number of para-hydroxylation sites is 1. The molecule has 2 heterocycles. The molecule has 0 atom stereocenters. The van der Waals surface area contributed by atoms with E-state index in [0.717, 1.165) is 47.3 Å². The third kappa shape index (κ3) is 2.29. The Morgan fingerprint density at radius 2 is 2.17 bits per heavy atom. The van der Waals surface area contributed by atoms with Crippen molar-refractivity contribution in [3.8, 4) is 0 Å². The van der Waals surface area contributed by atoms with Gasteiger partial charge in [0.15, 0.2) is 0 Å². The van der Waals surface area contributed by atoms with Crippen molar-refractivity contribution in [1.29, 1.82) is 0 Å². The second-order valence-electron chi connectivity index (χ2n) is 4.81. The van der Waals surface area contributed by atoms with Crippen LogP contribution in [-0.4, -0.2) is 21.7 Å². The van der Waals surface area contributed by atoms with E-state index in [1.807, 2.05) is 21.8 Å². The fourth-order valence-electron chi connectivity index (χ4n) is 2.57. The van der Waals surface area contributed by atoms with Crippen molar-refractivity contribution in [1.82, 2.24) is 13.9 Å². The molecule has 1 fully saturated rings. The maximum atomic E-state index is 6.22. The van der Waals surface area contributed by atoms with Gasteiger partial charge >= 0.3 is 0 Å². The van der Waals surface area contributed by atoms with Crippen molar-refractivity contribution in [3.05, 3.63) is 29.0 Å². The van der Waals surface area contributed by atoms with Crippen LogP contribution in [-0.2, 0) is 6.42 Å². The van der Waals surface area contributed by atoms with Crippen LogP contribution in [0.25, 0.3) is 11.0 Å². The van der Waals surface area contributed by atoms with Crippen molar-refractivity contribution in [3.63, 3.8) is 0 Å². The summed E-state index contributed by atoms with van der Waals surface area (Å²) in [5, 5.41) is 4.13. The number of fused-ring (bicyclic) bond motifs is 1. The first-order valence-corrected chi connectivity index (χ1v) is 7.37. The molecule has 0 unspecified atom stereocenters. The molecule has 1 aromatic heterocycles. The summed E-state index contributed by atoms with van der Waals surface area (Å²) >= 11 is 9.80. The molecular formula is C13H15BrClN3. The van der Waals surface area contributed by atoms with Gasteiger partial charge in [-0.2, -0.15) is 0 Å². The minimum absolute atomic E-state index is 0.720. The summed E-state index contributed by atoms with van der Waals surface area (Å²) in [5.41, 5.74) is 1.94. The van der Waals surface area contributed by atoms with Crippen LogP contribution in [0.3, 0.4) is 0 Å². The second-order valence-corrected chi connectivity index (χ2v) is 5.93. The van der Waals surface area contributed by atoms with Gasteiger partial charge in [0.25, 0.3) is 0 Å². The Morgan fingerprint density at radius 3 is 2.89 bits per heavy atom. The highest BCUT2D eigenvalue weighted by atomic mass is 79.9. The summed E-state index contributed by atoms with van der Waals surface area (Å²) < 4.78 is 1.96. The molecule has 18 heavy (non-hydrogen) atoms. The van der Waals surface area contributed by atoms with E-state index in [0.29, 0.717) is 0 Å². The molecule has 0 bridgehead atoms. The highest BCUT2D eigenvalue weighted by molar-refractivity contribution is 9.08. The molecule has 5 heteroatoms. The molecule has 3 rings (SSSR count). The maximum Gasteiger partial charge on any atom is 0.120 e. The van der Waals surface area contributed by atoms with E-state index in [1.54, 1.807) is 0 Å². The molecule has 0 amide bonds. The summed E-state index contributed by atoms with van der Waals surface area (Å²) in [6.45, 7) is 2.24. The van der Waals surface area contributed by atoms with Crippen LogP contribution in [0.1, 0.15) is 18.7 Å². The number of nitrogens with zero attached hydrogens (tertiary/aromatic N) is 2. The highest BCUT2D eigenvalue weighted by Crippen LogP contribution is 2.28. The normalized spacial score (nSPS) is 17.4. The first-order valence-electron chi connectivity index (χ1n) is 6.28. The van der Waals surface area contributed by atoms with Gasteiger partial charge in [-0.25, -0.2) is 4.98 Å². The average Bonchev–Trinajstić information content (AvgIpc) is 2.69. The Bertz CT molecular complexity index is 561. The number of halogens is 2. The van der Waals surface area contributed by atoms with E-state index in [1.165, 1.54) is 12.8 Å². The lowest BCUT2D eigenvalue weighted by Gasteiger charge is -2.21. The molecule has 1 saturated heterocycles. The summed E-state index contributed by atoms with van der Waals surface area (Å²) in [5.74, 6) is 1.79. The lowest BCUT2D eigenvalue weighted by atomic mass is 9.94. The van der Waals surface area contributed by atoms with E-state index < -0.39 is 0 Å². The van der Waals surface area contributed by atoms with Gasteiger partial charge in [-0.1, -0.05) is 17.7 Å². The molecule has 2 aromatic rings. The van der Waals surface area contributed by atoms with Gasteiger partial charge in [0.2, 0.25) is 0 Å². The minimum Gasteiger partial charge on any atom is -0.317 e. The number of aromatic nitrogens is 2. The lowest BCUT2D eigenvalue weighted by molar-refractivity contribution is 0.367. The Kier molecular flexibility index (Phi) is 3.59. The molecule has 3 nitrogen and oxygen atoms in total. The van der Waals surface area contributed by atoms with Gasteiger partial charge in [0, 0.05) is 6.42 Å². The Morgan fingerprint density at radius 1 is 1.39 bits per heavy atom. The van der Waals surface area contributed by atoms with Crippen LogP contribution in [0.15, 0.2) is 18.2 Å². The zero-order chi connectivity index (χ0) is 12.5. The fraction of sp³-hybridized carbons (Fsp3) is 0.462. The first-order chi connectivity index (χ1) is 8.75. The first kappa shape index (κ1) is 12.5. The third-order valence-electron chi connectivity index (χ3n) is 3.57. The van der Waals surface area contributed by atoms with Gasteiger partial charge < -0.3 is 5.32 Å². The number of hydrogen-bond acceptors (Lipinski definition) is 2. The monoisotopic (exact) mass is 327 g/mol. The lowest BCUT2D eigenvalue weighted by Crippen LogP contribution is -2.29. The van der Waals surface area contributed by atoms with Gasteiger partial charge in [0.05, 0.1) is 32.2 Å². The molecule has 1 N–H and O–H groups in total. The van der Waals surface area contributed by atoms with Crippen molar-refractivity contribution < 1.29 is 0 Å². The van der Waals surface area contributed by atoms with Crippen LogP contribution in [0.5, 0.6) is 0 Å². The van der Waals surface area contributed by atoms with Gasteiger partial charge in [-0.15, -0.1) is 0 Å². The van der Waals surface area contributed by atoms with Crippen LogP contribution < -0.4 is 5.32 Å². The highest BCUT2D eigenvalue weighted by Gasteiger charge is 2.18. The van der Waals surface area contributed by atoms with Crippen LogP contribution in [0.2, 0.25) is 5.02 Å². The molecule has 0 saturated carbocycles. The number of nitrogens with one attached hydrogen (secondary N) is 1. The van der Waals surface area contributed by atoms with E-state index in [-0.39, 0.29) is 0 Å².